The van der Waals surface area contributed by atoms with E-state index in [0.29, 0.717) is 0 Å². The van der Waals surface area contributed by atoms with E-state index in [0.717, 1.165) is 5.56 Å². The maximum Gasteiger partial charge on any atom is 0.408 e. The predicted octanol–water partition coefficient (Wildman–Crippen LogP) is -0.160. The van der Waals surface area contributed by atoms with E-state index in [9.17, 15) is 24.6 Å². The van der Waals surface area contributed by atoms with Crippen LogP contribution in [0.3, 0.4) is 0 Å². The standard InChI is InChI=1S/C23H38N4O6/c1-13(2)18(20(30)17(25)19(29)16(28)12-24)27-21(31)15(11-14-9-7-6-8-10-14)26-22(32)33-23(3,4)5/h6-10,13,15-19,28-29H,11-12,24-25H2,1-5H3,(H,26,32)(H,27,31)/t15-,16?,17?,18-,19?/m0/s1. The molecule has 3 unspecified atom stereocenters. The van der Waals surface area contributed by atoms with Crippen LogP contribution in [0.1, 0.15) is 40.2 Å². The molecule has 33 heavy (non-hydrogen) atoms. The number of ether oxygens (including phenoxy) is 1. The van der Waals surface area contributed by atoms with Gasteiger partial charge in [0.25, 0.3) is 0 Å². The highest BCUT2D eigenvalue weighted by Crippen LogP contribution is 2.12. The third-order valence-electron chi connectivity index (χ3n) is 4.89. The third-order valence-corrected chi connectivity index (χ3v) is 4.89. The van der Waals surface area contributed by atoms with Gasteiger partial charge in [-0.15, -0.1) is 0 Å². The van der Waals surface area contributed by atoms with Crippen molar-refractivity contribution in [1.82, 2.24) is 10.6 Å². The van der Waals surface area contributed by atoms with Crippen molar-refractivity contribution >= 4 is 17.8 Å². The van der Waals surface area contributed by atoms with Crippen LogP contribution in [0.25, 0.3) is 0 Å². The zero-order valence-corrected chi connectivity index (χ0v) is 19.9. The molecule has 0 aromatic heterocycles. The maximum absolute atomic E-state index is 13.1. The molecule has 0 aliphatic rings. The fourth-order valence-electron chi connectivity index (χ4n) is 3.08. The fraction of sp³-hybridized carbons (Fsp3) is 0.609. The van der Waals surface area contributed by atoms with Crippen molar-refractivity contribution in [2.45, 2.75) is 77.0 Å². The first-order valence-electron chi connectivity index (χ1n) is 11.0. The molecule has 2 amide bonds. The fourth-order valence-corrected chi connectivity index (χ4v) is 3.08. The van der Waals surface area contributed by atoms with Gasteiger partial charge in [-0.05, 0) is 32.3 Å². The topological polar surface area (TPSA) is 177 Å². The van der Waals surface area contributed by atoms with Gasteiger partial charge < -0.3 is 37.1 Å². The second-order valence-corrected chi connectivity index (χ2v) is 9.34. The Morgan fingerprint density at radius 1 is 1.06 bits per heavy atom. The predicted molar refractivity (Wildman–Crippen MR) is 124 cm³/mol. The summed E-state index contributed by atoms with van der Waals surface area (Å²) in [6.45, 7) is 8.24. The van der Waals surface area contributed by atoms with Gasteiger partial charge in [0.05, 0.1) is 18.2 Å². The second kappa shape index (κ2) is 12.6. The van der Waals surface area contributed by atoms with Crippen molar-refractivity contribution < 1.29 is 29.3 Å². The summed E-state index contributed by atoms with van der Waals surface area (Å²) in [6, 6.07) is 5.50. The van der Waals surface area contributed by atoms with E-state index >= 15 is 0 Å². The van der Waals surface area contributed by atoms with Gasteiger partial charge in [-0.2, -0.15) is 0 Å². The molecule has 0 bridgehead atoms. The Balaban J connectivity index is 3.07. The first-order chi connectivity index (χ1) is 15.3. The second-order valence-electron chi connectivity index (χ2n) is 9.34. The van der Waals surface area contributed by atoms with Gasteiger partial charge in [0.1, 0.15) is 17.7 Å². The van der Waals surface area contributed by atoms with Crippen molar-refractivity contribution in [3.8, 4) is 0 Å². The van der Waals surface area contributed by atoms with E-state index in [1.807, 2.05) is 18.2 Å². The summed E-state index contributed by atoms with van der Waals surface area (Å²) in [4.78, 5) is 38.4. The zero-order valence-electron chi connectivity index (χ0n) is 19.9. The smallest absolute Gasteiger partial charge is 0.408 e. The first-order valence-corrected chi connectivity index (χ1v) is 11.0. The molecular weight excluding hydrogens is 428 g/mol. The lowest BCUT2D eigenvalue weighted by Crippen LogP contribution is -2.60. The number of aliphatic hydroxyl groups excluding tert-OH is 2. The van der Waals surface area contributed by atoms with Crippen LogP contribution in [0.4, 0.5) is 4.79 Å². The van der Waals surface area contributed by atoms with Crippen LogP contribution in [0.15, 0.2) is 30.3 Å². The van der Waals surface area contributed by atoms with E-state index in [4.69, 9.17) is 16.2 Å². The lowest BCUT2D eigenvalue weighted by atomic mass is 9.90. The number of alkyl carbamates (subject to hydrolysis) is 1. The Bertz CT molecular complexity index is 781. The normalized spacial score (nSPS) is 16.3. The largest absolute Gasteiger partial charge is 0.444 e. The molecule has 8 N–H and O–H groups in total. The number of carbonyl (C=O) groups excluding carboxylic acids is 3. The van der Waals surface area contributed by atoms with Crippen molar-refractivity contribution in [3.05, 3.63) is 35.9 Å². The summed E-state index contributed by atoms with van der Waals surface area (Å²) in [6.07, 6.45) is -3.58. The number of ketones is 1. The molecule has 0 saturated carbocycles. The molecule has 186 valence electrons. The minimum absolute atomic E-state index is 0.158. The molecule has 10 heteroatoms. The molecule has 0 fully saturated rings. The summed E-state index contributed by atoms with van der Waals surface area (Å²) in [7, 11) is 0. The number of nitrogens with one attached hydrogen (secondary N) is 2. The number of rotatable bonds is 11. The van der Waals surface area contributed by atoms with Crippen LogP contribution in [0.5, 0.6) is 0 Å². The van der Waals surface area contributed by atoms with Gasteiger partial charge in [-0.1, -0.05) is 44.2 Å². The van der Waals surface area contributed by atoms with Gasteiger partial charge in [-0.25, -0.2) is 4.79 Å². The molecule has 1 rings (SSSR count). The summed E-state index contributed by atoms with van der Waals surface area (Å²) >= 11 is 0. The van der Waals surface area contributed by atoms with Crippen LogP contribution in [-0.2, 0) is 20.7 Å². The van der Waals surface area contributed by atoms with Gasteiger partial charge in [0.2, 0.25) is 5.91 Å². The number of aliphatic hydroxyl groups is 2. The molecule has 0 spiro atoms. The summed E-state index contributed by atoms with van der Waals surface area (Å²) in [5, 5.41) is 25.0. The van der Waals surface area contributed by atoms with Gasteiger partial charge in [-0.3, -0.25) is 9.59 Å². The van der Waals surface area contributed by atoms with E-state index in [1.165, 1.54) is 0 Å². The minimum Gasteiger partial charge on any atom is -0.444 e. The number of benzene rings is 1. The molecule has 0 aliphatic carbocycles. The molecule has 0 radical (unpaired) electrons. The van der Waals surface area contributed by atoms with Crippen LogP contribution in [0, 0.1) is 5.92 Å². The number of hydrogen-bond acceptors (Lipinski definition) is 8. The molecule has 1 aromatic carbocycles. The maximum atomic E-state index is 13.1. The van der Waals surface area contributed by atoms with Crippen LogP contribution in [-0.4, -0.2) is 70.5 Å². The molecule has 1 aromatic rings. The highest BCUT2D eigenvalue weighted by molar-refractivity contribution is 5.95. The van der Waals surface area contributed by atoms with E-state index in [2.05, 4.69) is 10.6 Å². The summed E-state index contributed by atoms with van der Waals surface area (Å²) in [5.74, 6) is -1.65. The monoisotopic (exact) mass is 466 g/mol. The van der Waals surface area contributed by atoms with Crippen LogP contribution < -0.4 is 22.1 Å². The molecule has 5 atom stereocenters. The van der Waals surface area contributed by atoms with E-state index in [1.54, 1.807) is 46.8 Å². The molecule has 10 nitrogen and oxygen atoms in total. The number of Topliss-reactive ketones (excluding diaryl/α,β-unsaturated/α-hetero) is 1. The zero-order chi connectivity index (χ0) is 25.3. The average Bonchev–Trinajstić information content (AvgIpc) is 2.73. The van der Waals surface area contributed by atoms with Gasteiger partial charge >= 0.3 is 6.09 Å². The minimum atomic E-state index is -1.58. The Hall–Kier alpha value is -2.53. The Labute approximate surface area is 195 Å². The van der Waals surface area contributed by atoms with Crippen molar-refractivity contribution in [1.29, 1.82) is 0 Å². The average molecular weight is 467 g/mol. The molecular formula is C23H38N4O6. The third kappa shape index (κ3) is 9.47. The van der Waals surface area contributed by atoms with Crippen LogP contribution in [0.2, 0.25) is 0 Å². The number of nitrogens with two attached hydrogens (primary N) is 2. The van der Waals surface area contributed by atoms with E-state index < -0.39 is 53.7 Å². The van der Waals surface area contributed by atoms with E-state index in [-0.39, 0.29) is 18.9 Å². The molecule has 0 aliphatic heterocycles. The lowest BCUT2D eigenvalue weighted by molar-refractivity contribution is -0.133. The number of carbonyl (C=O) groups is 3. The highest BCUT2D eigenvalue weighted by atomic mass is 16.6. The molecule has 0 heterocycles. The van der Waals surface area contributed by atoms with Crippen LogP contribution >= 0.6 is 0 Å². The highest BCUT2D eigenvalue weighted by Gasteiger charge is 2.36. The summed E-state index contributed by atoms with van der Waals surface area (Å²) < 4.78 is 5.27. The van der Waals surface area contributed by atoms with Crippen molar-refractivity contribution in [3.63, 3.8) is 0 Å². The lowest BCUT2D eigenvalue weighted by Gasteiger charge is -2.30. The quantitative estimate of drug-likeness (QED) is 0.260. The van der Waals surface area contributed by atoms with Crippen molar-refractivity contribution in [2.24, 2.45) is 17.4 Å². The Morgan fingerprint density at radius 2 is 1.64 bits per heavy atom. The Kier molecular flexibility index (Phi) is 10.9. The Morgan fingerprint density at radius 3 is 2.12 bits per heavy atom. The van der Waals surface area contributed by atoms with Gasteiger partial charge in [0.15, 0.2) is 5.78 Å². The number of amides is 2. The summed E-state index contributed by atoms with van der Waals surface area (Å²) in [5.41, 5.74) is 11.2. The SMILES string of the molecule is CC(C)[C@H](NC(=O)[C@H](Cc1ccccc1)NC(=O)OC(C)(C)C)C(=O)C(N)C(O)C(O)CN. The van der Waals surface area contributed by atoms with Gasteiger partial charge in [0, 0.05) is 13.0 Å². The number of hydrogen-bond donors (Lipinski definition) is 6. The first kappa shape index (κ1) is 28.5. The molecule has 0 saturated heterocycles. The van der Waals surface area contributed by atoms with Crippen molar-refractivity contribution in [2.75, 3.05) is 6.54 Å².